The molecule has 2 heterocycles. The first-order valence-corrected chi connectivity index (χ1v) is 10.3. The van der Waals surface area contributed by atoms with Gasteiger partial charge in [0.1, 0.15) is 19.1 Å². The highest BCUT2D eigenvalue weighted by Gasteiger charge is 2.26. The maximum Gasteiger partial charge on any atom is 0.328 e. The van der Waals surface area contributed by atoms with E-state index in [1.807, 2.05) is 43.1 Å². The van der Waals surface area contributed by atoms with E-state index in [4.69, 9.17) is 4.74 Å². The fourth-order valence-corrected chi connectivity index (χ4v) is 3.43. The number of carbonyl (C=O) groups is 3. The van der Waals surface area contributed by atoms with Gasteiger partial charge in [0.05, 0.1) is 26.4 Å². The summed E-state index contributed by atoms with van der Waals surface area (Å²) in [6.45, 7) is 6.87. The smallest absolute Gasteiger partial charge is 0.328 e. The van der Waals surface area contributed by atoms with Gasteiger partial charge in [0.25, 0.3) is 5.82 Å². The Morgan fingerprint density at radius 3 is 2.45 bits per heavy atom. The number of nitrogens with one attached hydrogen (secondary N) is 2. The van der Waals surface area contributed by atoms with Gasteiger partial charge < -0.3 is 15.0 Å². The van der Waals surface area contributed by atoms with Crippen molar-refractivity contribution in [3.05, 3.63) is 24.4 Å². The lowest BCUT2D eigenvalue weighted by atomic mass is 10.0. The van der Waals surface area contributed by atoms with E-state index >= 15 is 0 Å². The second kappa shape index (κ2) is 11.4. The minimum absolute atomic E-state index is 0.0705. The zero-order chi connectivity index (χ0) is 21.2. The zero-order valence-corrected chi connectivity index (χ0v) is 17.6. The predicted molar refractivity (Wildman–Crippen MR) is 109 cm³/mol. The fraction of sp³-hybridized carbons (Fsp3) is 0.619. The third kappa shape index (κ3) is 7.36. The molecule has 1 aromatic heterocycles. The average molecular weight is 406 g/mol. The molecule has 29 heavy (non-hydrogen) atoms. The number of nitrogens with zero attached hydrogens (tertiary/aromatic N) is 2. The number of aromatic nitrogens is 1. The fourth-order valence-electron chi connectivity index (χ4n) is 3.43. The third-order valence-electron chi connectivity index (χ3n) is 4.99. The molecule has 8 heteroatoms. The van der Waals surface area contributed by atoms with Gasteiger partial charge >= 0.3 is 5.97 Å². The Morgan fingerprint density at radius 1 is 1.14 bits per heavy atom. The number of hydrogen-bond acceptors (Lipinski definition) is 5. The number of piperazine rings is 1. The van der Waals surface area contributed by atoms with Crippen LogP contribution in [-0.4, -0.2) is 62.0 Å². The summed E-state index contributed by atoms with van der Waals surface area (Å²) >= 11 is 0. The molecule has 1 aromatic rings. The monoisotopic (exact) mass is 405 g/mol. The first-order valence-electron chi connectivity index (χ1n) is 10.3. The summed E-state index contributed by atoms with van der Waals surface area (Å²) in [5.41, 5.74) is 0. The summed E-state index contributed by atoms with van der Waals surface area (Å²) in [6.07, 6.45) is 3.44. The molecule has 1 fully saturated rings. The molecule has 2 rings (SSSR count). The number of H-pyrrole nitrogens is 1. The lowest BCUT2D eigenvalue weighted by Crippen LogP contribution is -2.50. The van der Waals surface area contributed by atoms with Crippen molar-refractivity contribution < 1.29 is 24.1 Å². The first kappa shape index (κ1) is 22.6. The van der Waals surface area contributed by atoms with Crippen molar-refractivity contribution in [3.8, 4) is 0 Å². The molecule has 1 atom stereocenters. The Balaban J connectivity index is 1.70. The summed E-state index contributed by atoms with van der Waals surface area (Å²) in [4.78, 5) is 43.7. The minimum atomic E-state index is -0.633. The Hall–Kier alpha value is -2.64. The molecule has 0 spiro atoms. The molecule has 1 saturated heterocycles. The molecule has 8 nitrogen and oxygen atoms in total. The maximum atomic E-state index is 12.4. The number of rotatable bonds is 9. The number of hydrogen-bond donors (Lipinski definition) is 1. The van der Waals surface area contributed by atoms with Gasteiger partial charge in [-0.3, -0.25) is 14.5 Å². The number of aromatic amines is 1. The van der Waals surface area contributed by atoms with Gasteiger partial charge in [-0.1, -0.05) is 19.9 Å². The van der Waals surface area contributed by atoms with E-state index < -0.39 is 12.0 Å². The molecule has 2 N–H and O–H groups in total. The van der Waals surface area contributed by atoms with Gasteiger partial charge in [0.2, 0.25) is 11.8 Å². The van der Waals surface area contributed by atoms with E-state index in [9.17, 15) is 14.4 Å². The number of pyridine rings is 1. The van der Waals surface area contributed by atoms with Crippen molar-refractivity contribution in [2.24, 2.45) is 5.92 Å². The van der Waals surface area contributed by atoms with E-state index in [0.29, 0.717) is 32.4 Å². The summed E-state index contributed by atoms with van der Waals surface area (Å²) in [5.74, 6) is 0.724. The van der Waals surface area contributed by atoms with E-state index in [1.54, 1.807) is 0 Å². The Bertz CT molecular complexity index is 673. The SMILES string of the molecule is COC(=O)[C@@H](CC(C)C)NC(=O)CCCC(=O)N1CCN(c2cccc[nH+]2)CC1. The van der Waals surface area contributed by atoms with Crippen molar-refractivity contribution in [3.63, 3.8) is 0 Å². The molecule has 0 unspecified atom stereocenters. The normalized spacial score (nSPS) is 15.2. The van der Waals surface area contributed by atoms with Crippen LogP contribution in [0, 0.1) is 5.92 Å². The third-order valence-corrected chi connectivity index (χ3v) is 4.99. The van der Waals surface area contributed by atoms with Crippen molar-refractivity contribution in [1.82, 2.24) is 10.2 Å². The molecular weight excluding hydrogens is 372 g/mol. The Morgan fingerprint density at radius 2 is 1.86 bits per heavy atom. The summed E-state index contributed by atoms with van der Waals surface area (Å²) < 4.78 is 4.76. The summed E-state index contributed by atoms with van der Waals surface area (Å²) in [5, 5.41) is 2.73. The average Bonchev–Trinajstić information content (AvgIpc) is 2.73. The predicted octanol–water partition coefficient (Wildman–Crippen LogP) is 1.02. The van der Waals surface area contributed by atoms with Crippen molar-refractivity contribution >= 4 is 23.6 Å². The quantitative estimate of drug-likeness (QED) is 0.619. The molecule has 0 saturated carbocycles. The van der Waals surface area contributed by atoms with Crippen molar-refractivity contribution in [1.29, 1.82) is 0 Å². The van der Waals surface area contributed by atoms with Crippen LogP contribution in [0.15, 0.2) is 24.4 Å². The first-order chi connectivity index (χ1) is 13.9. The number of ether oxygens (including phenoxy) is 1. The summed E-state index contributed by atoms with van der Waals surface area (Å²) in [7, 11) is 1.32. The maximum absolute atomic E-state index is 12.4. The lowest BCUT2D eigenvalue weighted by Gasteiger charge is -2.31. The van der Waals surface area contributed by atoms with Crippen LogP contribution < -0.4 is 15.2 Å². The van der Waals surface area contributed by atoms with Crippen molar-refractivity contribution in [2.75, 3.05) is 38.2 Å². The van der Waals surface area contributed by atoms with Crippen molar-refractivity contribution in [2.45, 2.75) is 45.6 Å². The molecule has 0 aliphatic carbocycles. The van der Waals surface area contributed by atoms with E-state index in [0.717, 1.165) is 18.9 Å². The molecule has 0 aromatic carbocycles. The van der Waals surface area contributed by atoms with E-state index in [2.05, 4.69) is 15.2 Å². The van der Waals surface area contributed by atoms with E-state index in [1.165, 1.54) is 7.11 Å². The number of esters is 1. The van der Waals surface area contributed by atoms with E-state index in [-0.39, 0.29) is 24.2 Å². The highest BCUT2D eigenvalue weighted by atomic mass is 16.5. The number of anilines is 1. The standard InChI is InChI=1S/C21H32N4O4/c1-16(2)15-17(21(28)29-3)23-19(26)8-6-9-20(27)25-13-11-24(12-14-25)18-7-4-5-10-22-18/h4-5,7,10,16-17H,6,8-9,11-15H2,1-3H3,(H,23,26)/p+1/t17-/m1/s1. The highest BCUT2D eigenvalue weighted by Crippen LogP contribution is 2.12. The Labute approximate surface area is 172 Å². The highest BCUT2D eigenvalue weighted by molar-refractivity contribution is 5.84. The number of carbonyl (C=O) groups excluding carboxylic acids is 3. The van der Waals surface area contributed by atoms with Gasteiger partial charge in [-0.25, -0.2) is 9.78 Å². The van der Waals surface area contributed by atoms with Crippen LogP contribution in [0.4, 0.5) is 5.82 Å². The van der Waals surface area contributed by atoms with Crippen LogP contribution in [0.1, 0.15) is 39.5 Å². The molecule has 1 aliphatic rings. The Kier molecular flexibility index (Phi) is 8.89. The second-order valence-electron chi connectivity index (χ2n) is 7.74. The molecule has 2 amide bonds. The molecule has 0 radical (unpaired) electrons. The zero-order valence-electron chi connectivity index (χ0n) is 17.6. The molecule has 1 aliphatic heterocycles. The molecule has 0 bridgehead atoms. The minimum Gasteiger partial charge on any atom is -0.467 e. The molecular formula is C21H33N4O4+. The van der Waals surface area contributed by atoms with Crippen LogP contribution in [-0.2, 0) is 19.1 Å². The van der Waals surface area contributed by atoms with Gasteiger partial charge in [0, 0.05) is 18.9 Å². The largest absolute Gasteiger partial charge is 0.467 e. The molecule has 160 valence electrons. The van der Waals surface area contributed by atoms with Crippen LogP contribution in [0.25, 0.3) is 0 Å². The van der Waals surface area contributed by atoms with Crippen LogP contribution in [0.3, 0.4) is 0 Å². The number of amides is 2. The van der Waals surface area contributed by atoms with Crippen LogP contribution >= 0.6 is 0 Å². The second-order valence-corrected chi connectivity index (χ2v) is 7.74. The lowest BCUT2D eigenvalue weighted by molar-refractivity contribution is -0.364. The van der Waals surface area contributed by atoms with Gasteiger partial charge in [-0.2, -0.15) is 0 Å². The van der Waals surface area contributed by atoms with Gasteiger partial charge in [-0.15, -0.1) is 0 Å². The summed E-state index contributed by atoms with van der Waals surface area (Å²) in [6, 6.07) is 5.32. The topological polar surface area (TPSA) is 93.1 Å². The van der Waals surface area contributed by atoms with Gasteiger partial charge in [0.15, 0.2) is 0 Å². The number of methoxy groups -OCH3 is 1. The van der Waals surface area contributed by atoms with Gasteiger partial charge in [-0.05, 0) is 24.8 Å². The van der Waals surface area contributed by atoms with Crippen LogP contribution in [0.2, 0.25) is 0 Å². The van der Waals surface area contributed by atoms with Crippen LogP contribution in [0.5, 0.6) is 0 Å².